The topological polar surface area (TPSA) is 38.7 Å². The van der Waals surface area contributed by atoms with E-state index in [2.05, 4.69) is 0 Å². The van der Waals surface area contributed by atoms with Crippen LogP contribution in [0.15, 0.2) is 17.0 Å². The second-order valence-electron chi connectivity index (χ2n) is 3.63. The number of hydrogen-bond acceptors (Lipinski definition) is 4. The van der Waals surface area contributed by atoms with Crippen molar-refractivity contribution in [3.05, 3.63) is 17.7 Å². The quantitative estimate of drug-likeness (QED) is 0.818. The lowest BCUT2D eigenvalue weighted by Gasteiger charge is -2.20. The summed E-state index contributed by atoms with van der Waals surface area (Å²) in [7, 11) is 0. The van der Waals surface area contributed by atoms with Crippen molar-refractivity contribution >= 4 is 11.8 Å². The first-order valence-corrected chi connectivity index (χ1v) is 6.65. The van der Waals surface area contributed by atoms with Crippen LogP contribution in [0.25, 0.3) is 0 Å². The highest BCUT2D eigenvalue weighted by atomic mass is 32.2. The minimum Gasteiger partial charge on any atom is -0.486 e. The fourth-order valence-electron chi connectivity index (χ4n) is 1.77. The minimum absolute atomic E-state index is 0.224. The molecule has 2 rings (SSSR count). The summed E-state index contributed by atoms with van der Waals surface area (Å²) in [6, 6.07) is 4.07. The van der Waals surface area contributed by atoms with Crippen LogP contribution in [0.3, 0.4) is 0 Å². The number of aryl methyl sites for hydroxylation is 1. The summed E-state index contributed by atoms with van der Waals surface area (Å²) in [5, 5.41) is 8.87. The van der Waals surface area contributed by atoms with Gasteiger partial charge in [0.25, 0.3) is 0 Å². The molecule has 3 nitrogen and oxygen atoms in total. The van der Waals surface area contributed by atoms with Crippen molar-refractivity contribution in [1.29, 1.82) is 0 Å². The number of benzene rings is 1. The first-order valence-electron chi connectivity index (χ1n) is 5.42. The molecule has 1 aromatic carbocycles. The van der Waals surface area contributed by atoms with Crippen molar-refractivity contribution in [2.75, 3.05) is 26.1 Å². The molecule has 0 bridgehead atoms. The maximum Gasteiger partial charge on any atom is 0.162 e. The van der Waals surface area contributed by atoms with E-state index in [1.165, 1.54) is 10.5 Å². The van der Waals surface area contributed by atoms with Crippen LogP contribution < -0.4 is 9.47 Å². The molecule has 0 unspecified atom stereocenters. The van der Waals surface area contributed by atoms with Gasteiger partial charge in [0, 0.05) is 11.5 Å². The number of fused-ring (bicyclic) bond motifs is 1. The van der Waals surface area contributed by atoms with E-state index in [1.54, 1.807) is 11.8 Å². The molecule has 1 aliphatic rings. The summed E-state index contributed by atoms with van der Waals surface area (Å²) in [6.07, 6.45) is 3.71. The summed E-state index contributed by atoms with van der Waals surface area (Å²) >= 11 is 1.70. The van der Waals surface area contributed by atoms with E-state index in [4.69, 9.17) is 14.6 Å². The highest BCUT2D eigenvalue weighted by Gasteiger charge is 2.15. The van der Waals surface area contributed by atoms with Gasteiger partial charge in [0.15, 0.2) is 11.5 Å². The fourth-order valence-corrected chi connectivity index (χ4v) is 2.42. The Bertz CT molecular complexity index is 366. The van der Waals surface area contributed by atoms with Gasteiger partial charge in [-0.1, -0.05) is 0 Å². The molecule has 0 saturated heterocycles. The molecule has 88 valence electrons. The molecule has 1 heterocycles. The Kier molecular flexibility index (Phi) is 3.96. The van der Waals surface area contributed by atoms with Crippen LogP contribution in [0.4, 0.5) is 0 Å². The lowest BCUT2D eigenvalue weighted by atomic mass is 10.1. The minimum atomic E-state index is 0.224. The average molecular weight is 240 g/mol. The number of aliphatic hydroxyl groups excluding tert-OH is 1. The average Bonchev–Trinajstić information content (AvgIpc) is 2.35. The molecule has 0 radical (unpaired) electrons. The normalized spacial score (nSPS) is 13.9. The molecule has 1 aliphatic heterocycles. The van der Waals surface area contributed by atoms with Crippen molar-refractivity contribution in [2.24, 2.45) is 0 Å². The maximum atomic E-state index is 8.87. The Balaban J connectivity index is 2.28. The van der Waals surface area contributed by atoms with Gasteiger partial charge >= 0.3 is 0 Å². The monoisotopic (exact) mass is 240 g/mol. The van der Waals surface area contributed by atoms with Gasteiger partial charge in [-0.2, -0.15) is 0 Å². The van der Waals surface area contributed by atoms with E-state index in [0.717, 1.165) is 24.3 Å². The molecule has 0 fully saturated rings. The third-order valence-corrected chi connectivity index (χ3v) is 3.37. The zero-order chi connectivity index (χ0) is 11.4. The Labute approximate surface area is 99.8 Å². The number of ether oxygens (including phenoxy) is 2. The van der Waals surface area contributed by atoms with Gasteiger partial charge in [0.2, 0.25) is 0 Å². The third kappa shape index (κ3) is 2.44. The molecule has 4 heteroatoms. The largest absolute Gasteiger partial charge is 0.486 e. The Morgan fingerprint density at radius 3 is 2.56 bits per heavy atom. The number of hydrogen-bond donors (Lipinski definition) is 1. The molecule has 0 spiro atoms. The second kappa shape index (κ2) is 5.46. The van der Waals surface area contributed by atoms with Crippen LogP contribution in [-0.2, 0) is 6.42 Å². The van der Waals surface area contributed by atoms with Crippen molar-refractivity contribution in [2.45, 2.75) is 17.7 Å². The van der Waals surface area contributed by atoms with Crippen LogP contribution in [0.1, 0.15) is 12.0 Å². The summed E-state index contributed by atoms with van der Waals surface area (Å²) in [6.45, 7) is 1.46. The molecule has 0 atom stereocenters. The first kappa shape index (κ1) is 11.6. The van der Waals surface area contributed by atoms with Crippen LogP contribution in [0.5, 0.6) is 11.5 Å². The smallest absolute Gasteiger partial charge is 0.162 e. The lowest BCUT2D eigenvalue weighted by molar-refractivity contribution is 0.171. The zero-order valence-electron chi connectivity index (χ0n) is 9.36. The Hall–Kier alpha value is -0.870. The van der Waals surface area contributed by atoms with Gasteiger partial charge in [-0.3, -0.25) is 0 Å². The zero-order valence-corrected chi connectivity index (χ0v) is 10.2. The third-order valence-electron chi connectivity index (χ3n) is 2.55. The van der Waals surface area contributed by atoms with E-state index >= 15 is 0 Å². The highest BCUT2D eigenvalue weighted by Crippen LogP contribution is 2.36. The highest BCUT2D eigenvalue weighted by molar-refractivity contribution is 7.98. The number of rotatable bonds is 4. The summed E-state index contributed by atoms with van der Waals surface area (Å²) in [5.74, 6) is 1.67. The standard InChI is InChI=1S/C12H16O3S/c1-16-12-8-11-10(14-5-6-15-11)7-9(12)3-2-4-13/h7-8,13H,2-6H2,1H3. The van der Waals surface area contributed by atoms with Gasteiger partial charge in [-0.15, -0.1) is 11.8 Å². The van der Waals surface area contributed by atoms with Gasteiger partial charge in [-0.25, -0.2) is 0 Å². The van der Waals surface area contributed by atoms with Crippen molar-refractivity contribution in [3.63, 3.8) is 0 Å². The lowest BCUT2D eigenvalue weighted by Crippen LogP contribution is -2.15. The Morgan fingerprint density at radius 2 is 1.94 bits per heavy atom. The van der Waals surface area contributed by atoms with E-state index in [0.29, 0.717) is 13.2 Å². The van der Waals surface area contributed by atoms with Crippen LogP contribution in [0.2, 0.25) is 0 Å². The van der Waals surface area contributed by atoms with E-state index in [-0.39, 0.29) is 6.61 Å². The SMILES string of the molecule is CSc1cc2c(cc1CCCO)OCCO2. The van der Waals surface area contributed by atoms with Gasteiger partial charge < -0.3 is 14.6 Å². The summed E-state index contributed by atoms with van der Waals surface area (Å²) < 4.78 is 11.1. The number of thioether (sulfide) groups is 1. The van der Waals surface area contributed by atoms with Crippen molar-refractivity contribution in [3.8, 4) is 11.5 Å². The van der Waals surface area contributed by atoms with E-state index in [9.17, 15) is 0 Å². The molecule has 1 N–H and O–H groups in total. The van der Waals surface area contributed by atoms with Gasteiger partial charge in [0.05, 0.1) is 0 Å². The fraction of sp³-hybridized carbons (Fsp3) is 0.500. The predicted molar refractivity (Wildman–Crippen MR) is 64.6 cm³/mol. The van der Waals surface area contributed by atoms with Crippen LogP contribution >= 0.6 is 11.8 Å². The van der Waals surface area contributed by atoms with Crippen molar-refractivity contribution in [1.82, 2.24) is 0 Å². The van der Waals surface area contributed by atoms with Crippen LogP contribution in [0, 0.1) is 0 Å². The molecule has 16 heavy (non-hydrogen) atoms. The molecule has 0 aromatic heterocycles. The summed E-state index contributed by atoms with van der Waals surface area (Å²) in [5.41, 5.74) is 1.23. The molecule has 0 saturated carbocycles. The van der Waals surface area contributed by atoms with Crippen molar-refractivity contribution < 1.29 is 14.6 Å². The predicted octanol–water partition coefficient (Wildman–Crippen LogP) is 2.10. The first-order chi connectivity index (χ1) is 7.85. The number of aliphatic hydroxyl groups is 1. The van der Waals surface area contributed by atoms with E-state index in [1.807, 2.05) is 18.4 Å². The van der Waals surface area contributed by atoms with Gasteiger partial charge in [0.1, 0.15) is 13.2 Å². The van der Waals surface area contributed by atoms with Crippen LogP contribution in [-0.4, -0.2) is 31.2 Å². The maximum absolute atomic E-state index is 8.87. The van der Waals surface area contributed by atoms with Gasteiger partial charge in [-0.05, 0) is 36.8 Å². The molecule has 1 aromatic rings. The molecule has 0 amide bonds. The summed E-state index contributed by atoms with van der Waals surface area (Å²) in [4.78, 5) is 1.21. The van der Waals surface area contributed by atoms with E-state index < -0.39 is 0 Å². The second-order valence-corrected chi connectivity index (χ2v) is 4.48. The molecular weight excluding hydrogens is 224 g/mol. The molecule has 0 aliphatic carbocycles. The molecular formula is C12H16O3S. The Morgan fingerprint density at radius 1 is 1.25 bits per heavy atom.